The number of benzene rings is 1. The number of hydrogen-bond donors (Lipinski definition) is 1. The van der Waals surface area contributed by atoms with Gasteiger partial charge in [0.1, 0.15) is 0 Å². The quantitative estimate of drug-likeness (QED) is 0.793. The lowest BCUT2D eigenvalue weighted by Gasteiger charge is -2.27. The van der Waals surface area contributed by atoms with Crippen LogP contribution in [0.5, 0.6) is 5.75 Å². The first-order valence-electron chi connectivity index (χ1n) is 4.85. The molecule has 0 bridgehead atoms. The number of methoxy groups -OCH3 is 1. The van der Waals surface area contributed by atoms with Crippen LogP contribution in [0.4, 0.5) is 4.39 Å². The summed E-state index contributed by atoms with van der Waals surface area (Å²) in [5, 5.41) is 3.29. The van der Waals surface area contributed by atoms with Crippen LogP contribution in [0.25, 0.3) is 0 Å². The average Bonchev–Trinajstić information content (AvgIpc) is 2.12. The van der Waals surface area contributed by atoms with Gasteiger partial charge in [-0.05, 0) is 37.1 Å². The van der Waals surface area contributed by atoms with Gasteiger partial charge in [-0.1, -0.05) is 6.07 Å². The second-order valence-corrected chi connectivity index (χ2v) is 3.61. The molecule has 0 aliphatic carbocycles. The van der Waals surface area contributed by atoms with Gasteiger partial charge in [0, 0.05) is 6.04 Å². The maximum absolute atomic E-state index is 13.3. The fraction of sp³-hybridized carbons (Fsp3) is 0.455. The second-order valence-electron chi connectivity index (χ2n) is 3.61. The predicted octanol–water partition coefficient (Wildman–Crippen LogP) is 1.74. The Labute approximate surface area is 83.1 Å². The average molecular weight is 195 g/mol. The van der Waals surface area contributed by atoms with E-state index in [0.29, 0.717) is 11.8 Å². The zero-order valence-corrected chi connectivity index (χ0v) is 8.22. The highest BCUT2D eigenvalue weighted by atomic mass is 19.1. The van der Waals surface area contributed by atoms with Crippen LogP contribution in [-0.4, -0.2) is 19.7 Å². The number of halogens is 1. The molecule has 1 unspecified atom stereocenters. The van der Waals surface area contributed by atoms with Gasteiger partial charge in [-0.25, -0.2) is 4.39 Å². The van der Waals surface area contributed by atoms with Crippen LogP contribution in [0.3, 0.4) is 0 Å². The topological polar surface area (TPSA) is 21.3 Å². The predicted molar refractivity (Wildman–Crippen MR) is 53.1 cm³/mol. The van der Waals surface area contributed by atoms with E-state index in [-0.39, 0.29) is 5.82 Å². The molecule has 0 saturated carbocycles. The Morgan fingerprint density at radius 1 is 1.57 bits per heavy atom. The van der Waals surface area contributed by atoms with E-state index >= 15 is 0 Å². The highest BCUT2D eigenvalue weighted by molar-refractivity contribution is 5.29. The minimum absolute atomic E-state index is 0.274. The van der Waals surface area contributed by atoms with Crippen molar-refractivity contribution < 1.29 is 9.13 Å². The zero-order chi connectivity index (χ0) is 9.97. The van der Waals surface area contributed by atoms with Crippen LogP contribution in [0.1, 0.15) is 12.0 Å². The monoisotopic (exact) mass is 195 g/mol. The van der Waals surface area contributed by atoms with Gasteiger partial charge in [0.05, 0.1) is 7.11 Å². The molecule has 1 aliphatic rings. The van der Waals surface area contributed by atoms with Gasteiger partial charge < -0.3 is 10.1 Å². The highest BCUT2D eigenvalue weighted by Gasteiger charge is 2.17. The Morgan fingerprint density at radius 2 is 2.36 bits per heavy atom. The third kappa shape index (κ3) is 1.87. The van der Waals surface area contributed by atoms with Gasteiger partial charge in [-0.3, -0.25) is 0 Å². The third-order valence-corrected chi connectivity index (χ3v) is 2.62. The lowest BCUT2D eigenvalue weighted by molar-refractivity contribution is 0.366. The fourth-order valence-corrected chi connectivity index (χ4v) is 1.64. The smallest absolute Gasteiger partial charge is 0.165 e. The highest BCUT2D eigenvalue weighted by Crippen LogP contribution is 2.19. The molecule has 2 nitrogen and oxygen atoms in total. The SMILES string of the molecule is COc1ccc(CC2CCN2)cc1F. The molecule has 0 aromatic heterocycles. The first-order valence-corrected chi connectivity index (χ1v) is 4.85. The molecule has 1 aromatic carbocycles. The lowest BCUT2D eigenvalue weighted by Crippen LogP contribution is -2.44. The molecule has 14 heavy (non-hydrogen) atoms. The standard InChI is InChI=1S/C11H14FNO/c1-14-11-3-2-8(7-10(11)12)6-9-4-5-13-9/h2-3,7,9,13H,4-6H2,1H3. The van der Waals surface area contributed by atoms with Crippen molar-refractivity contribution in [2.45, 2.75) is 18.9 Å². The van der Waals surface area contributed by atoms with E-state index in [4.69, 9.17) is 4.74 Å². The lowest BCUT2D eigenvalue weighted by atomic mass is 9.98. The molecular weight excluding hydrogens is 181 g/mol. The van der Waals surface area contributed by atoms with Crippen LogP contribution < -0.4 is 10.1 Å². The molecule has 1 heterocycles. The van der Waals surface area contributed by atoms with Gasteiger partial charge in [0.25, 0.3) is 0 Å². The maximum atomic E-state index is 13.3. The van der Waals surface area contributed by atoms with Crippen molar-refractivity contribution in [2.24, 2.45) is 0 Å². The molecule has 0 spiro atoms. The molecule has 1 aliphatic heterocycles. The number of hydrogen-bond acceptors (Lipinski definition) is 2. The van der Waals surface area contributed by atoms with E-state index in [1.54, 1.807) is 12.1 Å². The van der Waals surface area contributed by atoms with Crippen molar-refractivity contribution in [2.75, 3.05) is 13.7 Å². The van der Waals surface area contributed by atoms with Crippen molar-refractivity contribution in [1.29, 1.82) is 0 Å². The van der Waals surface area contributed by atoms with Gasteiger partial charge >= 0.3 is 0 Å². The van der Waals surface area contributed by atoms with Crippen molar-refractivity contribution in [3.63, 3.8) is 0 Å². The van der Waals surface area contributed by atoms with Crippen LogP contribution in [0.15, 0.2) is 18.2 Å². The normalized spacial score (nSPS) is 20.3. The molecule has 76 valence electrons. The Hall–Kier alpha value is -1.09. The minimum Gasteiger partial charge on any atom is -0.494 e. The first kappa shape index (κ1) is 9.46. The van der Waals surface area contributed by atoms with E-state index in [9.17, 15) is 4.39 Å². The van der Waals surface area contributed by atoms with Crippen molar-refractivity contribution in [1.82, 2.24) is 5.32 Å². The van der Waals surface area contributed by atoms with Gasteiger partial charge in [0.15, 0.2) is 11.6 Å². The minimum atomic E-state index is -0.274. The molecule has 1 saturated heterocycles. The van der Waals surface area contributed by atoms with Crippen molar-refractivity contribution >= 4 is 0 Å². The summed E-state index contributed by atoms with van der Waals surface area (Å²) in [6.45, 7) is 1.09. The summed E-state index contributed by atoms with van der Waals surface area (Å²) in [4.78, 5) is 0. The van der Waals surface area contributed by atoms with Gasteiger partial charge in [0.2, 0.25) is 0 Å². The molecule has 0 amide bonds. The van der Waals surface area contributed by atoms with Gasteiger partial charge in [-0.2, -0.15) is 0 Å². The van der Waals surface area contributed by atoms with Crippen molar-refractivity contribution in [3.05, 3.63) is 29.6 Å². The number of nitrogens with one attached hydrogen (secondary N) is 1. The summed E-state index contributed by atoms with van der Waals surface area (Å²) in [7, 11) is 1.48. The van der Waals surface area contributed by atoms with Crippen LogP contribution in [0.2, 0.25) is 0 Å². The number of rotatable bonds is 3. The number of ether oxygens (including phenoxy) is 1. The summed E-state index contributed by atoms with van der Waals surface area (Å²) < 4.78 is 18.1. The largest absolute Gasteiger partial charge is 0.494 e. The molecule has 3 heteroatoms. The fourth-order valence-electron chi connectivity index (χ4n) is 1.64. The first-order chi connectivity index (χ1) is 6.79. The molecule has 1 aromatic rings. The van der Waals surface area contributed by atoms with Crippen molar-refractivity contribution in [3.8, 4) is 5.75 Å². The Balaban J connectivity index is 2.07. The molecule has 2 rings (SSSR count). The molecule has 1 N–H and O–H groups in total. The summed E-state index contributed by atoms with van der Waals surface area (Å²) in [6, 6.07) is 5.69. The molecular formula is C11H14FNO. The summed E-state index contributed by atoms with van der Waals surface area (Å²) in [5.74, 6) is 0.0413. The summed E-state index contributed by atoms with van der Waals surface area (Å²) in [6.07, 6.45) is 2.09. The molecule has 1 atom stereocenters. The van der Waals surface area contributed by atoms with E-state index in [1.807, 2.05) is 6.07 Å². The Kier molecular flexibility index (Phi) is 2.68. The van der Waals surface area contributed by atoms with E-state index < -0.39 is 0 Å². The third-order valence-electron chi connectivity index (χ3n) is 2.62. The summed E-state index contributed by atoms with van der Waals surface area (Å²) in [5.41, 5.74) is 1.03. The van der Waals surface area contributed by atoms with E-state index in [2.05, 4.69) is 5.32 Å². The van der Waals surface area contributed by atoms with Crippen LogP contribution >= 0.6 is 0 Å². The van der Waals surface area contributed by atoms with Gasteiger partial charge in [-0.15, -0.1) is 0 Å². The maximum Gasteiger partial charge on any atom is 0.165 e. The van der Waals surface area contributed by atoms with E-state index in [1.165, 1.54) is 13.5 Å². The van der Waals surface area contributed by atoms with Crippen LogP contribution in [-0.2, 0) is 6.42 Å². The zero-order valence-electron chi connectivity index (χ0n) is 8.22. The van der Waals surface area contributed by atoms with E-state index in [0.717, 1.165) is 18.5 Å². The van der Waals surface area contributed by atoms with Crippen LogP contribution in [0, 0.1) is 5.82 Å². The molecule has 0 radical (unpaired) electrons. The molecule has 1 fully saturated rings. The Bertz CT molecular complexity index is 323. The summed E-state index contributed by atoms with van der Waals surface area (Å²) >= 11 is 0. The second kappa shape index (κ2) is 3.96. The Morgan fingerprint density at radius 3 is 2.86 bits per heavy atom.